The summed E-state index contributed by atoms with van der Waals surface area (Å²) in [5.41, 5.74) is 1.27. The van der Waals surface area contributed by atoms with Crippen LogP contribution in [0.15, 0.2) is 30.3 Å². The molecule has 0 N–H and O–H groups in total. The molecule has 4 heteroatoms. The number of rotatable bonds is 4. The maximum absolute atomic E-state index is 11.2. The second-order valence-corrected chi connectivity index (χ2v) is 4.62. The number of carbonyl (C=O) groups excluding carboxylic acids is 2. The van der Waals surface area contributed by atoms with Gasteiger partial charge in [-0.15, -0.1) is 0 Å². The van der Waals surface area contributed by atoms with Crippen molar-refractivity contribution in [2.24, 2.45) is 0 Å². The SMILES string of the molecule is CC(CCc1ccccc1)N1CC(=O)OC(=O)C1. The standard InChI is InChI=1S/C14H17NO3/c1-11(7-8-12-5-3-2-4-6-12)15-9-13(16)18-14(17)10-15/h2-6,11H,7-10H2,1H3. The van der Waals surface area contributed by atoms with Crippen LogP contribution in [0, 0.1) is 0 Å². The molecule has 1 aliphatic heterocycles. The molecule has 0 amide bonds. The Morgan fingerprint density at radius 3 is 2.39 bits per heavy atom. The van der Waals surface area contributed by atoms with Gasteiger partial charge in [-0.1, -0.05) is 30.3 Å². The van der Waals surface area contributed by atoms with Gasteiger partial charge in [-0.05, 0) is 25.3 Å². The highest BCUT2D eigenvalue weighted by Gasteiger charge is 2.27. The van der Waals surface area contributed by atoms with Gasteiger partial charge in [-0.2, -0.15) is 0 Å². The quantitative estimate of drug-likeness (QED) is 0.596. The first-order valence-corrected chi connectivity index (χ1v) is 6.16. The van der Waals surface area contributed by atoms with E-state index in [0.717, 1.165) is 12.8 Å². The summed E-state index contributed by atoms with van der Waals surface area (Å²) in [5, 5.41) is 0. The number of benzene rings is 1. The van der Waals surface area contributed by atoms with Crippen molar-refractivity contribution in [2.75, 3.05) is 13.1 Å². The molecule has 1 fully saturated rings. The van der Waals surface area contributed by atoms with Crippen LogP contribution in [0.1, 0.15) is 18.9 Å². The number of hydrogen-bond donors (Lipinski definition) is 0. The van der Waals surface area contributed by atoms with Crippen molar-refractivity contribution in [2.45, 2.75) is 25.8 Å². The highest BCUT2D eigenvalue weighted by Crippen LogP contribution is 2.12. The first kappa shape index (κ1) is 12.8. The molecule has 0 spiro atoms. The fraction of sp³-hybridized carbons (Fsp3) is 0.429. The number of cyclic esters (lactones) is 2. The van der Waals surface area contributed by atoms with Crippen molar-refractivity contribution in [1.82, 2.24) is 4.90 Å². The average molecular weight is 247 g/mol. The molecule has 4 nitrogen and oxygen atoms in total. The van der Waals surface area contributed by atoms with E-state index < -0.39 is 11.9 Å². The summed E-state index contributed by atoms with van der Waals surface area (Å²) in [5.74, 6) is -0.893. The lowest BCUT2D eigenvalue weighted by Gasteiger charge is -2.30. The Balaban J connectivity index is 1.86. The van der Waals surface area contributed by atoms with Crippen LogP contribution in [0.25, 0.3) is 0 Å². The third-order valence-electron chi connectivity index (χ3n) is 3.21. The number of carbonyl (C=O) groups is 2. The molecular weight excluding hydrogens is 230 g/mol. The van der Waals surface area contributed by atoms with Gasteiger partial charge in [-0.25, -0.2) is 0 Å². The number of esters is 2. The topological polar surface area (TPSA) is 46.6 Å². The number of ether oxygens (including phenoxy) is 1. The third kappa shape index (κ3) is 3.40. The van der Waals surface area contributed by atoms with Crippen LogP contribution in [0.4, 0.5) is 0 Å². The van der Waals surface area contributed by atoms with Crippen molar-refractivity contribution in [3.05, 3.63) is 35.9 Å². The van der Waals surface area contributed by atoms with E-state index in [1.807, 2.05) is 30.0 Å². The van der Waals surface area contributed by atoms with Crippen LogP contribution in [-0.4, -0.2) is 36.0 Å². The highest BCUT2D eigenvalue weighted by molar-refractivity contribution is 5.90. The smallest absolute Gasteiger partial charge is 0.327 e. The Bertz CT molecular complexity index is 414. The Morgan fingerprint density at radius 2 is 1.78 bits per heavy atom. The Labute approximate surface area is 107 Å². The molecule has 1 unspecified atom stereocenters. The van der Waals surface area contributed by atoms with Gasteiger partial charge in [-0.3, -0.25) is 14.5 Å². The summed E-state index contributed by atoms with van der Waals surface area (Å²) in [6.07, 6.45) is 1.87. The van der Waals surface area contributed by atoms with E-state index in [4.69, 9.17) is 0 Å². The van der Waals surface area contributed by atoms with Crippen LogP contribution >= 0.6 is 0 Å². The van der Waals surface area contributed by atoms with Gasteiger partial charge in [0.15, 0.2) is 0 Å². The molecule has 0 bridgehead atoms. The number of nitrogens with zero attached hydrogens (tertiary/aromatic N) is 1. The average Bonchev–Trinajstić information content (AvgIpc) is 2.36. The fourth-order valence-electron chi connectivity index (χ4n) is 2.09. The minimum atomic E-state index is -0.446. The zero-order chi connectivity index (χ0) is 13.0. The second-order valence-electron chi connectivity index (χ2n) is 4.62. The van der Waals surface area contributed by atoms with Gasteiger partial charge in [0.05, 0.1) is 13.1 Å². The monoisotopic (exact) mass is 247 g/mol. The van der Waals surface area contributed by atoms with Gasteiger partial charge in [0.1, 0.15) is 0 Å². The molecule has 18 heavy (non-hydrogen) atoms. The molecule has 0 aliphatic carbocycles. The lowest BCUT2D eigenvalue weighted by atomic mass is 10.1. The fourth-order valence-corrected chi connectivity index (χ4v) is 2.09. The third-order valence-corrected chi connectivity index (χ3v) is 3.21. The van der Waals surface area contributed by atoms with Gasteiger partial charge >= 0.3 is 11.9 Å². The lowest BCUT2D eigenvalue weighted by Crippen LogP contribution is -2.47. The predicted octanol–water partition coefficient (Wildman–Crippen LogP) is 1.39. The van der Waals surface area contributed by atoms with E-state index in [1.54, 1.807) is 0 Å². The van der Waals surface area contributed by atoms with E-state index in [9.17, 15) is 9.59 Å². The van der Waals surface area contributed by atoms with Crippen LogP contribution < -0.4 is 0 Å². The van der Waals surface area contributed by atoms with Crippen molar-refractivity contribution in [1.29, 1.82) is 0 Å². The maximum atomic E-state index is 11.2. The molecule has 1 atom stereocenters. The van der Waals surface area contributed by atoms with Gasteiger partial charge in [0, 0.05) is 6.04 Å². The normalized spacial score (nSPS) is 18.5. The highest BCUT2D eigenvalue weighted by atomic mass is 16.6. The summed E-state index contributed by atoms with van der Waals surface area (Å²) >= 11 is 0. The summed E-state index contributed by atoms with van der Waals surface area (Å²) in [7, 11) is 0. The van der Waals surface area contributed by atoms with E-state index in [-0.39, 0.29) is 19.1 Å². The summed E-state index contributed by atoms with van der Waals surface area (Å²) in [4.78, 5) is 24.2. The Hall–Kier alpha value is -1.68. The molecule has 0 saturated carbocycles. The predicted molar refractivity (Wildman–Crippen MR) is 66.9 cm³/mol. The number of hydrogen-bond acceptors (Lipinski definition) is 4. The molecule has 0 aromatic heterocycles. The summed E-state index contributed by atoms with van der Waals surface area (Å²) in [6.45, 7) is 2.46. The van der Waals surface area contributed by atoms with Crippen molar-refractivity contribution < 1.29 is 14.3 Å². The zero-order valence-electron chi connectivity index (χ0n) is 10.5. The molecule has 96 valence electrons. The minimum Gasteiger partial charge on any atom is -0.391 e. The molecule has 1 aromatic rings. The molecule has 1 aromatic carbocycles. The summed E-state index contributed by atoms with van der Waals surface area (Å²) in [6, 6.07) is 10.4. The molecular formula is C14H17NO3. The van der Waals surface area contributed by atoms with E-state index >= 15 is 0 Å². The van der Waals surface area contributed by atoms with Gasteiger partial charge < -0.3 is 4.74 Å². The minimum absolute atomic E-state index is 0.196. The summed E-state index contributed by atoms with van der Waals surface area (Å²) < 4.78 is 4.51. The lowest BCUT2D eigenvalue weighted by molar-refractivity contribution is -0.167. The first-order chi connectivity index (χ1) is 8.65. The largest absolute Gasteiger partial charge is 0.391 e. The van der Waals surface area contributed by atoms with E-state index in [2.05, 4.69) is 16.9 Å². The van der Waals surface area contributed by atoms with E-state index in [0.29, 0.717) is 0 Å². The maximum Gasteiger partial charge on any atom is 0.327 e. The molecule has 1 heterocycles. The molecule has 1 saturated heterocycles. The van der Waals surface area contributed by atoms with Crippen LogP contribution in [0.3, 0.4) is 0 Å². The Morgan fingerprint density at radius 1 is 1.17 bits per heavy atom. The van der Waals surface area contributed by atoms with Crippen molar-refractivity contribution in [3.8, 4) is 0 Å². The first-order valence-electron chi connectivity index (χ1n) is 6.16. The van der Waals surface area contributed by atoms with Crippen molar-refractivity contribution >= 4 is 11.9 Å². The molecule has 2 rings (SSSR count). The second kappa shape index (κ2) is 5.78. The van der Waals surface area contributed by atoms with Crippen LogP contribution in [0.5, 0.6) is 0 Å². The zero-order valence-corrected chi connectivity index (χ0v) is 10.5. The van der Waals surface area contributed by atoms with Crippen LogP contribution in [0.2, 0.25) is 0 Å². The molecule has 0 radical (unpaired) electrons. The number of morpholine rings is 1. The van der Waals surface area contributed by atoms with Gasteiger partial charge in [0.2, 0.25) is 0 Å². The Kier molecular flexibility index (Phi) is 4.10. The van der Waals surface area contributed by atoms with E-state index in [1.165, 1.54) is 5.56 Å². The van der Waals surface area contributed by atoms with Crippen LogP contribution in [-0.2, 0) is 20.7 Å². The number of aryl methyl sites for hydroxylation is 1. The van der Waals surface area contributed by atoms with Gasteiger partial charge in [0.25, 0.3) is 0 Å². The molecule has 1 aliphatic rings. The van der Waals surface area contributed by atoms with Crippen molar-refractivity contribution in [3.63, 3.8) is 0 Å².